The van der Waals surface area contributed by atoms with Gasteiger partial charge >= 0.3 is 12.2 Å². The minimum Gasteiger partial charge on any atom is -0.447 e. The largest absolute Gasteiger partial charge is 0.447 e. The molecule has 0 aliphatic heterocycles. The molecule has 4 N–H and O–H groups in total. The number of unbranched alkanes of at least 4 members (excludes halogenated alkanes) is 2. The minimum absolute atomic E-state index is 0.120. The molecule has 0 radical (unpaired) electrons. The van der Waals surface area contributed by atoms with Crippen LogP contribution in [0.5, 0.6) is 0 Å². The third kappa shape index (κ3) is 26.4. The third-order valence-electron chi connectivity index (χ3n) is 5.82. The maximum atomic E-state index is 12.6. The highest BCUT2D eigenvalue weighted by molar-refractivity contribution is 5.76. The first-order valence-electron chi connectivity index (χ1n) is 14.8. The van der Waals surface area contributed by atoms with Crippen LogP contribution in [-0.4, -0.2) is 124 Å². The van der Waals surface area contributed by atoms with E-state index in [1.54, 1.807) is 14.2 Å². The van der Waals surface area contributed by atoms with Gasteiger partial charge in [-0.1, -0.05) is 6.42 Å². The van der Waals surface area contributed by atoms with Gasteiger partial charge in [0.05, 0.1) is 12.6 Å². The maximum absolute atomic E-state index is 12.6. The summed E-state index contributed by atoms with van der Waals surface area (Å²) in [6, 6.07) is -0.120. The summed E-state index contributed by atoms with van der Waals surface area (Å²) in [5, 5.41) is 11.4. The number of nitrogens with one attached hydrogen (secondary N) is 4. The molecule has 0 aromatic heterocycles. The molecule has 0 fully saturated rings. The highest BCUT2D eigenvalue weighted by Crippen LogP contribution is 2.05. The topological polar surface area (TPSA) is 172 Å². The van der Waals surface area contributed by atoms with E-state index in [4.69, 9.17) is 28.4 Å². The summed E-state index contributed by atoms with van der Waals surface area (Å²) in [4.78, 5) is 47.0. The van der Waals surface area contributed by atoms with Crippen molar-refractivity contribution in [1.29, 1.82) is 0 Å². The summed E-state index contributed by atoms with van der Waals surface area (Å²) in [7, 11) is 5.06. The highest BCUT2D eigenvalue weighted by atomic mass is 16.6. The van der Waals surface area contributed by atoms with Gasteiger partial charge in [-0.3, -0.25) is 4.79 Å². The van der Waals surface area contributed by atoms with E-state index < -0.39 is 18.3 Å². The molecule has 0 saturated carbocycles. The average molecular weight is 607 g/mol. The van der Waals surface area contributed by atoms with Gasteiger partial charge in [-0.2, -0.15) is 0 Å². The molecule has 14 nitrogen and oxygen atoms in total. The van der Waals surface area contributed by atoms with Crippen LogP contribution < -0.4 is 21.3 Å². The molecule has 246 valence electrons. The Morgan fingerprint density at radius 3 is 1.95 bits per heavy atom. The molecular weight excluding hydrogens is 552 g/mol. The average Bonchev–Trinajstić information content (AvgIpc) is 2.98. The lowest BCUT2D eigenvalue weighted by molar-refractivity contribution is -0.122. The number of hydrogen-bond acceptors (Lipinski definition) is 11. The molecule has 0 spiro atoms. The summed E-state index contributed by atoms with van der Waals surface area (Å²) in [6.45, 7) is 3.52. The summed E-state index contributed by atoms with van der Waals surface area (Å²) in [6.07, 6.45) is 4.68. The molecule has 1 atom stereocenters. The second-order valence-electron chi connectivity index (χ2n) is 9.59. The van der Waals surface area contributed by atoms with Gasteiger partial charge in [-0.15, -0.1) is 0 Å². The number of amides is 3. The monoisotopic (exact) mass is 606 g/mol. The van der Waals surface area contributed by atoms with Crippen molar-refractivity contribution < 1.29 is 47.6 Å². The van der Waals surface area contributed by atoms with Crippen LogP contribution in [0.1, 0.15) is 57.8 Å². The Labute approximate surface area is 250 Å². The van der Waals surface area contributed by atoms with Crippen LogP contribution >= 0.6 is 0 Å². The maximum Gasteiger partial charge on any atom is 0.407 e. The molecule has 0 heterocycles. The second-order valence-corrected chi connectivity index (χ2v) is 9.59. The summed E-state index contributed by atoms with van der Waals surface area (Å²) < 4.78 is 31.8. The van der Waals surface area contributed by atoms with Crippen molar-refractivity contribution in [3.05, 3.63) is 0 Å². The molecule has 0 aromatic rings. The molecule has 0 aliphatic rings. The van der Waals surface area contributed by atoms with Gasteiger partial charge in [0.25, 0.3) is 0 Å². The van der Waals surface area contributed by atoms with Gasteiger partial charge in [0, 0.05) is 66.6 Å². The van der Waals surface area contributed by atoms with E-state index in [-0.39, 0.29) is 38.2 Å². The van der Waals surface area contributed by atoms with Crippen molar-refractivity contribution in [3.63, 3.8) is 0 Å². The quantitative estimate of drug-likeness (QED) is 0.0719. The molecular formula is C28H54N4O10. The SMILES string of the molecule is CNCCCCC(COCCCC=O)NC(=O)CCCOC(COC(=O)NCCCOC)COC(=O)NCCCOC. The number of methoxy groups -OCH3 is 2. The van der Waals surface area contributed by atoms with Gasteiger partial charge in [0.15, 0.2) is 0 Å². The van der Waals surface area contributed by atoms with Crippen LogP contribution in [0.25, 0.3) is 0 Å². The zero-order valence-corrected chi connectivity index (χ0v) is 25.7. The van der Waals surface area contributed by atoms with E-state index in [0.29, 0.717) is 71.6 Å². The predicted octanol–water partition coefficient (Wildman–Crippen LogP) is 1.55. The second kappa shape index (κ2) is 30.0. The molecule has 0 bridgehead atoms. The minimum atomic E-state index is -0.706. The van der Waals surface area contributed by atoms with E-state index >= 15 is 0 Å². The Morgan fingerprint density at radius 2 is 1.38 bits per heavy atom. The standard InChI is InChI=1S/C28H54N4O10/c1-29-13-5-4-11-24(21-39-19-7-6-16-33)32-26(34)12-8-20-40-25(22-41-27(35)30-14-9-17-37-2)23-42-28(36)31-15-10-18-38-3/h16,24-25,29H,4-15,17-23H2,1-3H3,(H,30,35)(H,31,36)(H,32,34). The Kier molecular flexibility index (Phi) is 28.2. The molecule has 0 aliphatic carbocycles. The Morgan fingerprint density at radius 1 is 0.738 bits per heavy atom. The lowest BCUT2D eigenvalue weighted by Crippen LogP contribution is -2.38. The van der Waals surface area contributed by atoms with Gasteiger partial charge < -0.3 is 54.5 Å². The van der Waals surface area contributed by atoms with Crippen molar-refractivity contribution in [3.8, 4) is 0 Å². The van der Waals surface area contributed by atoms with E-state index in [0.717, 1.165) is 32.1 Å². The van der Waals surface area contributed by atoms with Crippen LogP contribution in [0.2, 0.25) is 0 Å². The lowest BCUT2D eigenvalue weighted by Gasteiger charge is -2.20. The number of carbonyl (C=O) groups excluding carboxylic acids is 4. The van der Waals surface area contributed by atoms with E-state index in [9.17, 15) is 19.2 Å². The number of rotatable bonds is 29. The Bertz CT molecular complexity index is 659. The smallest absolute Gasteiger partial charge is 0.407 e. The number of aldehydes is 1. The van der Waals surface area contributed by atoms with E-state index in [1.807, 2.05) is 7.05 Å². The molecule has 0 aromatic carbocycles. The van der Waals surface area contributed by atoms with Crippen molar-refractivity contribution in [1.82, 2.24) is 21.3 Å². The predicted molar refractivity (Wildman–Crippen MR) is 156 cm³/mol. The summed E-state index contributed by atoms with van der Waals surface area (Å²) in [5.74, 6) is -0.122. The molecule has 0 rings (SSSR count). The van der Waals surface area contributed by atoms with E-state index in [2.05, 4.69) is 21.3 Å². The first-order chi connectivity index (χ1) is 20.5. The van der Waals surface area contributed by atoms with Gasteiger partial charge in [0.1, 0.15) is 25.6 Å². The van der Waals surface area contributed by atoms with Gasteiger partial charge in [0.2, 0.25) is 5.91 Å². The lowest BCUT2D eigenvalue weighted by atomic mass is 10.1. The van der Waals surface area contributed by atoms with Crippen molar-refractivity contribution in [2.24, 2.45) is 0 Å². The fraction of sp³-hybridized carbons (Fsp3) is 0.857. The number of alkyl carbamates (subject to hydrolysis) is 2. The first kappa shape index (κ1) is 39.5. The van der Waals surface area contributed by atoms with Crippen LogP contribution in [-0.2, 0) is 38.0 Å². The highest BCUT2D eigenvalue weighted by Gasteiger charge is 2.17. The fourth-order valence-electron chi connectivity index (χ4n) is 3.56. The van der Waals surface area contributed by atoms with Gasteiger partial charge in [-0.25, -0.2) is 9.59 Å². The van der Waals surface area contributed by atoms with Crippen molar-refractivity contribution in [2.45, 2.75) is 69.9 Å². The molecule has 0 saturated heterocycles. The fourth-order valence-corrected chi connectivity index (χ4v) is 3.56. The zero-order chi connectivity index (χ0) is 31.1. The zero-order valence-electron chi connectivity index (χ0n) is 25.7. The number of ether oxygens (including phenoxy) is 6. The molecule has 1 unspecified atom stereocenters. The van der Waals surface area contributed by atoms with Crippen molar-refractivity contribution in [2.75, 3.05) is 87.1 Å². The Balaban J connectivity index is 4.63. The summed E-state index contributed by atoms with van der Waals surface area (Å²) >= 11 is 0. The molecule has 3 amide bonds. The van der Waals surface area contributed by atoms with Crippen LogP contribution in [0, 0.1) is 0 Å². The third-order valence-corrected chi connectivity index (χ3v) is 5.82. The molecule has 42 heavy (non-hydrogen) atoms. The van der Waals surface area contributed by atoms with Crippen LogP contribution in [0.3, 0.4) is 0 Å². The Hall–Kier alpha value is -2.52. The number of carbonyl (C=O) groups is 4. The van der Waals surface area contributed by atoms with E-state index in [1.165, 1.54) is 0 Å². The van der Waals surface area contributed by atoms with Crippen molar-refractivity contribution >= 4 is 24.4 Å². The molecule has 14 heteroatoms. The normalized spacial score (nSPS) is 11.6. The van der Waals surface area contributed by atoms with Gasteiger partial charge in [-0.05, 0) is 52.1 Å². The first-order valence-corrected chi connectivity index (χ1v) is 14.8. The summed E-state index contributed by atoms with van der Waals surface area (Å²) in [5.41, 5.74) is 0. The van der Waals surface area contributed by atoms with Crippen LogP contribution in [0.4, 0.5) is 9.59 Å². The number of hydrogen-bond donors (Lipinski definition) is 4. The van der Waals surface area contributed by atoms with Crippen LogP contribution in [0.15, 0.2) is 0 Å².